The first-order valence-electron chi connectivity index (χ1n) is 5.67. The number of carbonyl (C=O) groups is 1. The van der Waals surface area contributed by atoms with Crippen molar-refractivity contribution in [1.29, 1.82) is 0 Å². The molecule has 1 fully saturated rings. The van der Waals surface area contributed by atoms with Crippen molar-refractivity contribution in [2.75, 3.05) is 19.3 Å². The van der Waals surface area contributed by atoms with E-state index in [-0.39, 0.29) is 11.7 Å². The first kappa shape index (κ1) is 13.8. The molecule has 1 N–H and O–H groups in total. The molecule has 0 amide bonds. The molecule has 0 aliphatic carbocycles. The third-order valence-electron chi connectivity index (χ3n) is 2.85. The van der Waals surface area contributed by atoms with Crippen LogP contribution in [0.25, 0.3) is 0 Å². The second-order valence-corrected chi connectivity index (χ2v) is 6.32. The summed E-state index contributed by atoms with van der Waals surface area (Å²) in [6.07, 6.45) is 2.71. The highest BCUT2D eigenvalue weighted by Crippen LogP contribution is 2.18. The molecule has 7 nitrogen and oxygen atoms in total. The summed E-state index contributed by atoms with van der Waals surface area (Å²) in [6.45, 7) is 0.720. The highest BCUT2D eigenvalue weighted by atomic mass is 32.2. The van der Waals surface area contributed by atoms with Crippen LogP contribution < -0.4 is 4.74 Å². The smallest absolute Gasteiger partial charge is 0.337 e. The Morgan fingerprint density at radius 1 is 1.53 bits per heavy atom. The van der Waals surface area contributed by atoms with Gasteiger partial charge in [0.05, 0.1) is 18.4 Å². The van der Waals surface area contributed by atoms with Crippen LogP contribution in [0.1, 0.15) is 16.8 Å². The van der Waals surface area contributed by atoms with E-state index in [2.05, 4.69) is 4.98 Å². The Hall–Kier alpha value is -1.67. The van der Waals surface area contributed by atoms with Crippen LogP contribution in [0.2, 0.25) is 0 Å². The van der Waals surface area contributed by atoms with Gasteiger partial charge in [-0.15, -0.1) is 0 Å². The van der Waals surface area contributed by atoms with Crippen LogP contribution in [-0.2, 0) is 10.0 Å². The van der Waals surface area contributed by atoms with Gasteiger partial charge in [-0.1, -0.05) is 0 Å². The second kappa shape index (κ2) is 5.14. The SMILES string of the molecule is CS(=O)(=O)N1CCC(Oc2ccc(C(=O)O)cn2)C1. The average molecular weight is 286 g/mol. The molecule has 1 unspecified atom stereocenters. The number of nitrogens with zero attached hydrogens (tertiary/aromatic N) is 2. The van der Waals surface area contributed by atoms with E-state index < -0.39 is 16.0 Å². The quantitative estimate of drug-likeness (QED) is 0.848. The maximum Gasteiger partial charge on any atom is 0.337 e. The van der Waals surface area contributed by atoms with E-state index >= 15 is 0 Å². The van der Waals surface area contributed by atoms with Gasteiger partial charge in [0.25, 0.3) is 0 Å². The zero-order chi connectivity index (χ0) is 14.0. The molecule has 0 aromatic carbocycles. The molecule has 1 atom stereocenters. The van der Waals surface area contributed by atoms with Gasteiger partial charge in [-0.05, 0) is 12.5 Å². The second-order valence-electron chi connectivity index (χ2n) is 4.34. The molecular weight excluding hydrogens is 272 g/mol. The predicted molar refractivity (Wildman–Crippen MR) is 66.6 cm³/mol. The molecule has 1 aliphatic rings. The van der Waals surface area contributed by atoms with Crippen LogP contribution >= 0.6 is 0 Å². The molecule has 2 rings (SSSR count). The lowest BCUT2D eigenvalue weighted by molar-refractivity contribution is 0.0696. The summed E-state index contributed by atoms with van der Waals surface area (Å²) in [4.78, 5) is 14.5. The molecule has 0 bridgehead atoms. The molecule has 1 aromatic rings. The van der Waals surface area contributed by atoms with Crippen LogP contribution in [-0.4, -0.2) is 54.2 Å². The lowest BCUT2D eigenvalue weighted by Gasteiger charge is -2.14. The molecule has 1 saturated heterocycles. The number of rotatable bonds is 4. The van der Waals surface area contributed by atoms with Gasteiger partial charge >= 0.3 is 5.97 Å². The van der Waals surface area contributed by atoms with Crippen molar-refractivity contribution in [3.8, 4) is 5.88 Å². The summed E-state index contributed by atoms with van der Waals surface area (Å²) in [6, 6.07) is 2.86. The lowest BCUT2D eigenvalue weighted by Crippen LogP contribution is -2.30. The Morgan fingerprint density at radius 2 is 2.26 bits per heavy atom. The summed E-state index contributed by atoms with van der Waals surface area (Å²) >= 11 is 0. The van der Waals surface area contributed by atoms with Crippen LogP contribution in [0, 0.1) is 0 Å². The van der Waals surface area contributed by atoms with Gasteiger partial charge in [-0.2, -0.15) is 4.31 Å². The van der Waals surface area contributed by atoms with Gasteiger partial charge in [-0.3, -0.25) is 0 Å². The Kier molecular flexibility index (Phi) is 3.72. The zero-order valence-corrected chi connectivity index (χ0v) is 11.1. The number of carboxylic acid groups (broad SMARTS) is 1. The number of carboxylic acids is 1. The Labute approximate surface area is 110 Å². The molecule has 1 aliphatic heterocycles. The lowest BCUT2D eigenvalue weighted by atomic mass is 10.3. The van der Waals surface area contributed by atoms with Crippen molar-refractivity contribution in [3.63, 3.8) is 0 Å². The van der Waals surface area contributed by atoms with Gasteiger partial charge < -0.3 is 9.84 Å². The molecule has 0 radical (unpaired) electrons. The van der Waals surface area contributed by atoms with Crippen molar-refractivity contribution in [2.45, 2.75) is 12.5 Å². The number of hydrogen-bond donors (Lipinski definition) is 1. The van der Waals surface area contributed by atoms with E-state index in [0.29, 0.717) is 25.4 Å². The summed E-state index contributed by atoms with van der Waals surface area (Å²) in [5, 5.41) is 8.73. The van der Waals surface area contributed by atoms with Crippen molar-refractivity contribution in [1.82, 2.24) is 9.29 Å². The van der Waals surface area contributed by atoms with Crippen LogP contribution in [0.15, 0.2) is 18.3 Å². The number of sulfonamides is 1. The maximum absolute atomic E-state index is 11.3. The van der Waals surface area contributed by atoms with Gasteiger partial charge in [0.1, 0.15) is 6.10 Å². The number of aromatic carboxylic acids is 1. The van der Waals surface area contributed by atoms with E-state index in [1.807, 2.05) is 0 Å². The topological polar surface area (TPSA) is 96.8 Å². The zero-order valence-electron chi connectivity index (χ0n) is 10.3. The Morgan fingerprint density at radius 3 is 2.74 bits per heavy atom. The van der Waals surface area contributed by atoms with Gasteiger partial charge in [0.15, 0.2) is 0 Å². The highest BCUT2D eigenvalue weighted by Gasteiger charge is 2.30. The molecule has 1 aromatic heterocycles. The maximum atomic E-state index is 11.3. The van der Waals surface area contributed by atoms with Crippen LogP contribution in [0.4, 0.5) is 0 Å². The molecule has 2 heterocycles. The first-order chi connectivity index (χ1) is 8.86. The minimum atomic E-state index is -3.19. The number of aromatic nitrogens is 1. The van der Waals surface area contributed by atoms with E-state index in [0.717, 1.165) is 6.26 Å². The monoisotopic (exact) mass is 286 g/mol. The van der Waals surface area contributed by atoms with E-state index in [9.17, 15) is 13.2 Å². The molecule has 104 valence electrons. The minimum Gasteiger partial charge on any atom is -0.478 e. The fourth-order valence-electron chi connectivity index (χ4n) is 1.84. The largest absolute Gasteiger partial charge is 0.478 e. The van der Waals surface area contributed by atoms with Gasteiger partial charge in [0.2, 0.25) is 15.9 Å². The normalized spacial score (nSPS) is 20.4. The summed E-state index contributed by atoms with van der Waals surface area (Å²) in [5.74, 6) is -0.756. The van der Waals surface area contributed by atoms with Crippen molar-refractivity contribution < 1.29 is 23.1 Å². The van der Waals surface area contributed by atoms with Crippen LogP contribution in [0.3, 0.4) is 0 Å². The molecule has 0 spiro atoms. The fourth-order valence-corrected chi connectivity index (χ4v) is 2.72. The third kappa shape index (κ3) is 3.42. The summed E-state index contributed by atoms with van der Waals surface area (Å²) in [7, 11) is -3.19. The molecular formula is C11H14N2O5S. The number of ether oxygens (including phenoxy) is 1. The number of pyridine rings is 1. The minimum absolute atomic E-state index is 0.0801. The van der Waals surface area contributed by atoms with Crippen molar-refractivity contribution in [2.24, 2.45) is 0 Å². The van der Waals surface area contributed by atoms with E-state index in [4.69, 9.17) is 9.84 Å². The van der Waals surface area contributed by atoms with E-state index in [1.165, 1.54) is 22.6 Å². The van der Waals surface area contributed by atoms with Crippen molar-refractivity contribution in [3.05, 3.63) is 23.9 Å². The summed E-state index contributed by atoms with van der Waals surface area (Å²) < 4.78 is 29.6. The number of hydrogen-bond acceptors (Lipinski definition) is 5. The average Bonchev–Trinajstić information content (AvgIpc) is 2.78. The van der Waals surface area contributed by atoms with Gasteiger partial charge in [0, 0.05) is 18.8 Å². The third-order valence-corrected chi connectivity index (χ3v) is 4.12. The molecule has 8 heteroatoms. The fraction of sp³-hybridized carbons (Fsp3) is 0.455. The Bertz CT molecular complexity index is 569. The molecule has 0 saturated carbocycles. The summed E-state index contributed by atoms with van der Waals surface area (Å²) in [5.41, 5.74) is 0.0801. The van der Waals surface area contributed by atoms with E-state index in [1.54, 1.807) is 0 Å². The standard InChI is InChI=1S/C11H14N2O5S/c1-19(16,17)13-5-4-9(7-13)18-10-3-2-8(6-12-10)11(14)15/h2-3,6,9H,4-5,7H2,1H3,(H,14,15). The Balaban J connectivity index is 1.98. The van der Waals surface area contributed by atoms with Crippen LogP contribution in [0.5, 0.6) is 5.88 Å². The predicted octanol–water partition coefficient (Wildman–Crippen LogP) is 0.192. The highest BCUT2D eigenvalue weighted by molar-refractivity contribution is 7.88. The molecule has 19 heavy (non-hydrogen) atoms. The van der Waals surface area contributed by atoms with Gasteiger partial charge in [-0.25, -0.2) is 18.2 Å². The van der Waals surface area contributed by atoms with Crippen molar-refractivity contribution >= 4 is 16.0 Å². The first-order valence-corrected chi connectivity index (χ1v) is 7.52.